The van der Waals surface area contributed by atoms with Crippen molar-refractivity contribution in [1.82, 2.24) is 10.3 Å². The van der Waals surface area contributed by atoms with Gasteiger partial charge in [-0.2, -0.15) is 13.2 Å². The van der Waals surface area contributed by atoms with Gasteiger partial charge in [0.1, 0.15) is 0 Å². The van der Waals surface area contributed by atoms with E-state index in [1.807, 2.05) is 0 Å². The number of amides is 1. The molecule has 2 aromatic carbocycles. The molecule has 3 aromatic rings. The molecule has 0 unspecified atom stereocenters. The minimum Gasteiger partial charge on any atom is -0.346 e. The second-order valence-electron chi connectivity index (χ2n) is 7.00. The third-order valence-corrected chi connectivity index (χ3v) is 4.67. The highest BCUT2D eigenvalue weighted by atomic mass is 35.5. The summed E-state index contributed by atoms with van der Waals surface area (Å²) < 4.78 is 39.5. The van der Waals surface area contributed by atoms with Gasteiger partial charge < -0.3 is 5.32 Å². The van der Waals surface area contributed by atoms with E-state index >= 15 is 0 Å². The molecule has 1 aromatic heterocycles. The third-order valence-electron chi connectivity index (χ3n) is 4.37. The Balaban J connectivity index is 1.88. The molecule has 0 saturated carbocycles. The first-order valence-electron chi connectivity index (χ1n) is 8.63. The van der Waals surface area contributed by atoms with Crippen LogP contribution in [0.3, 0.4) is 0 Å². The normalized spacial score (nSPS) is 13.9. The first kappa shape index (κ1) is 20.1. The molecule has 7 heteroatoms. The molecule has 28 heavy (non-hydrogen) atoms. The van der Waals surface area contributed by atoms with Gasteiger partial charge in [-0.1, -0.05) is 54.1 Å². The zero-order chi connectivity index (χ0) is 20.4. The predicted molar refractivity (Wildman–Crippen MR) is 103 cm³/mol. The topological polar surface area (TPSA) is 42.0 Å². The van der Waals surface area contributed by atoms with E-state index in [2.05, 4.69) is 10.3 Å². The zero-order valence-corrected chi connectivity index (χ0v) is 15.8. The van der Waals surface area contributed by atoms with Crippen LogP contribution >= 0.6 is 11.6 Å². The lowest BCUT2D eigenvalue weighted by atomic mass is 9.88. The van der Waals surface area contributed by atoms with Crippen molar-refractivity contribution in [3.05, 3.63) is 76.9 Å². The second kappa shape index (κ2) is 7.80. The van der Waals surface area contributed by atoms with Crippen molar-refractivity contribution in [3.63, 3.8) is 0 Å². The van der Waals surface area contributed by atoms with Crippen LogP contribution in [-0.4, -0.2) is 22.6 Å². The summed E-state index contributed by atoms with van der Waals surface area (Å²) in [5, 5.41) is 3.64. The highest BCUT2D eigenvalue weighted by Crippen LogP contribution is 2.30. The van der Waals surface area contributed by atoms with Gasteiger partial charge in [0.05, 0.1) is 28.1 Å². The Morgan fingerprint density at radius 1 is 1.11 bits per heavy atom. The van der Waals surface area contributed by atoms with E-state index in [1.165, 1.54) is 13.1 Å². The van der Waals surface area contributed by atoms with Gasteiger partial charge in [0, 0.05) is 11.6 Å². The first-order valence-corrected chi connectivity index (χ1v) is 9.00. The van der Waals surface area contributed by atoms with Crippen LogP contribution in [0.2, 0.25) is 5.02 Å². The molecule has 0 spiro atoms. The van der Waals surface area contributed by atoms with Gasteiger partial charge in [0.25, 0.3) is 5.91 Å². The Morgan fingerprint density at radius 3 is 2.50 bits per heavy atom. The lowest BCUT2D eigenvalue weighted by Gasteiger charge is -2.32. The van der Waals surface area contributed by atoms with E-state index in [-0.39, 0.29) is 12.0 Å². The summed E-state index contributed by atoms with van der Waals surface area (Å²) in [4.78, 5) is 16.9. The van der Waals surface area contributed by atoms with Crippen molar-refractivity contribution in [2.45, 2.75) is 31.5 Å². The molecule has 0 saturated heterocycles. The standard InChI is InChI=1S/C21H18ClF3N2O/c1-20(13-21(23,24)25,11-14-6-3-2-4-7-14)27-19(28)16-10-15-8-5-9-17(22)18(15)26-12-16/h2-10,12H,11,13H2,1H3,(H,27,28)/t20-/m0/s1. The quantitative estimate of drug-likeness (QED) is 0.601. The van der Waals surface area contributed by atoms with Gasteiger partial charge in [-0.15, -0.1) is 0 Å². The molecule has 3 nitrogen and oxygen atoms in total. The molecule has 1 atom stereocenters. The van der Waals surface area contributed by atoms with Crippen LogP contribution in [0.25, 0.3) is 10.9 Å². The molecule has 0 aliphatic carbocycles. The van der Waals surface area contributed by atoms with Crippen LogP contribution < -0.4 is 5.32 Å². The number of aromatic nitrogens is 1. The van der Waals surface area contributed by atoms with Gasteiger partial charge in [0.2, 0.25) is 0 Å². The number of carbonyl (C=O) groups is 1. The Labute approximate surface area is 165 Å². The van der Waals surface area contributed by atoms with Crippen molar-refractivity contribution in [2.24, 2.45) is 0 Å². The van der Waals surface area contributed by atoms with E-state index in [9.17, 15) is 18.0 Å². The fraction of sp³-hybridized carbons (Fsp3) is 0.238. The number of halogens is 4. The third kappa shape index (κ3) is 5.01. The Morgan fingerprint density at radius 2 is 1.82 bits per heavy atom. The largest absolute Gasteiger partial charge is 0.391 e. The summed E-state index contributed by atoms with van der Waals surface area (Å²) in [6.45, 7) is 1.40. The monoisotopic (exact) mass is 406 g/mol. The van der Waals surface area contributed by atoms with Gasteiger partial charge in [-0.25, -0.2) is 0 Å². The van der Waals surface area contributed by atoms with Gasteiger partial charge in [-0.05, 0) is 31.0 Å². The van der Waals surface area contributed by atoms with Crippen LogP contribution in [0.5, 0.6) is 0 Å². The second-order valence-corrected chi connectivity index (χ2v) is 7.41. The number of carbonyl (C=O) groups excluding carboxylic acids is 1. The summed E-state index contributed by atoms with van der Waals surface area (Å²) in [5.74, 6) is -0.614. The van der Waals surface area contributed by atoms with Crippen molar-refractivity contribution in [1.29, 1.82) is 0 Å². The average molecular weight is 407 g/mol. The van der Waals surface area contributed by atoms with Crippen molar-refractivity contribution in [2.75, 3.05) is 0 Å². The van der Waals surface area contributed by atoms with Crippen LogP contribution in [0.1, 0.15) is 29.3 Å². The molecule has 0 fully saturated rings. The van der Waals surface area contributed by atoms with Crippen LogP contribution in [-0.2, 0) is 6.42 Å². The molecule has 0 bridgehead atoms. The predicted octanol–water partition coefficient (Wildman–Crippen LogP) is 5.57. The summed E-state index contributed by atoms with van der Waals surface area (Å²) >= 11 is 6.07. The molecule has 0 aliphatic heterocycles. The smallest absolute Gasteiger partial charge is 0.346 e. The molecule has 1 N–H and O–H groups in total. The van der Waals surface area contributed by atoms with E-state index in [0.717, 1.165) is 0 Å². The maximum atomic E-state index is 13.2. The number of para-hydroxylation sites is 1. The lowest BCUT2D eigenvalue weighted by Crippen LogP contribution is -2.50. The SMILES string of the molecule is C[C@](Cc1ccccc1)(CC(F)(F)F)NC(=O)c1cnc2c(Cl)cccc2c1. The summed E-state index contributed by atoms with van der Waals surface area (Å²) in [5.41, 5.74) is -0.0859. The van der Waals surface area contributed by atoms with Crippen LogP contribution in [0.4, 0.5) is 13.2 Å². The van der Waals surface area contributed by atoms with Crippen molar-refractivity contribution < 1.29 is 18.0 Å². The van der Waals surface area contributed by atoms with Crippen LogP contribution in [0.15, 0.2) is 60.8 Å². The van der Waals surface area contributed by atoms with Gasteiger partial charge in [0.15, 0.2) is 0 Å². The first-order chi connectivity index (χ1) is 13.2. The minimum absolute atomic E-state index is 0.0475. The van der Waals surface area contributed by atoms with Crippen molar-refractivity contribution >= 4 is 28.4 Å². The van der Waals surface area contributed by atoms with E-state index in [1.54, 1.807) is 54.6 Å². The van der Waals surface area contributed by atoms with Crippen LogP contribution in [0, 0.1) is 0 Å². The lowest BCUT2D eigenvalue weighted by molar-refractivity contribution is -0.147. The number of benzene rings is 2. The molecule has 1 amide bonds. The van der Waals surface area contributed by atoms with Gasteiger partial charge in [-0.3, -0.25) is 9.78 Å². The molecular weight excluding hydrogens is 389 g/mol. The highest BCUT2D eigenvalue weighted by Gasteiger charge is 2.40. The Kier molecular flexibility index (Phi) is 5.61. The van der Waals surface area contributed by atoms with E-state index in [4.69, 9.17) is 11.6 Å². The molecule has 3 rings (SSSR count). The number of nitrogens with one attached hydrogen (secondary N) is 1. The number of nitrogens with zero attached hydrogens (tertiary/aromatic N) is 1. The van der Waals surface area contributed by atoms with E-state index < -0.39 is 24.0 Å². The molecular formula is C21H18ClF3N2O. The number of fused-ring (bicyclic) bond motifs is 1. The molecule has 1 heterocycles. The number of hydrogen-bond donors (Lipinski definition) is 1. The van der Waals surface area contributed by atoms with Crippen molar-refractivity contribution in [3.8, 4) is 0 Å². The summed E-state index contributed by atoms with van der Waals surface area (Å²) in [6.07, 6.45) is -4.20. The summed E-state index contributed by atoms with van der Waals surface area (Å²) in [7, 11) is 0. The number of hydrogen-bond acceptors (Lipinski definition) is 2. The van der Waals surface area contributed by atoms with Gasteiger partial charge >= 0.3 is 6.18 Å². The highest BCUT2D eigenvalue weighted by molar-refractivity contribution is 6.35. The Hall–Kier alpha value is -2.60. The average Bonchev–Trinajstić information content (AvgIpc) is 2.60. The Bertz CT molecular complexity index is 992. The van der Waals surface area contributed by atoms with E-state index in [0.29, 0.717) is 21.5 Å². The number of pyridine rings is 1. The molecule has 146 valence electrons. The number of rotatable bonds is 5. The summed E-state index contributed by atoms with van der Waals surface area (Å²) in [6, 6.07) is 15.5. The number of alkyl halides is 3. The molecule has 0 aliphatic rings. The zero-order valence-electron chi connectivity index (χ0n) is 15.1. The fourth-order valence-electron chi connectivity index (χ4n) is 3.23. The molecule has 0 radical (unpaired) electrons. The maximum Gasteiger partial charge on any atom is 0.391 e. The maximum absolute atomic E-state index is 13.2. The minimum atomic E-state index is -4.42. The fourth-order valence-corrected chi connectivity index (χ4v) is 3.46.